The summed E-state index contributed by atoms with van der Waals surface area (Å²) in [5.74, 6) is -2.85. The Hall–Kier alpha value is -2.24. The van der Waals surface area contributed by atoms with Crippen molar-refractivity contribution in [3.05, 3.63) is 47.0 Å². The van der Waals surface area contributed by atoms with Crippen molar-refractivity contribution in [2.24, 2.45) is 0 Å². The zero-order valence-electron chi connectivity index (χ0n) is 15.1. The molecule has 0 fully saturated rings. The van der Waals surface area contributed by atoms with Crippen LogP contribution in [0.5, 0.6) is 0 Å². The van der Waals surface area contributed by atoms with Crippen LogP contribution in [0.1, 0.15) is 55.8 Å². The SMILES string of the molecule is CCOC(=O)CCN(CCC1=CCCCC1)C(=O)c1ccc(F)c(F)c1. The zero-order valence-corrected chi connectivity index (χ0v) is 15.1. The van der Waals surface area contributed by atoms with Crippen molar-refractivity contribution in [3.63, 3.8) is 0 Å². The average Bonchev–Trinajstić information content (AvgIpc) is 2.64. The molecule has 0 spiro atoms. The van der Waals surface area contributed by atoms with Gasteiger partial charge in [0.2, 0.25) is 0 Å². The van der Waals surface area contributed by atoms with Gasteiger partial charge in [0.05, 0.1) is 13.0 Å². The Morgan fingerprint density at radius 1 is 1.15 bits per heavy atom. The summed E-state index contributed by atoms with van der Waals surface area (Å²) in [5, 5.41) is 0. The number of amides is 1. The highest BCUT2D eigenvalue weighted by Gasteiger charge is 2.19. The summed E-state index contributed by atoms with van der Waals surface area (Å²) in [6, 6.07) is 3.10. The van der Waals surface area contributed by atoms with E-state index in [1.54, 1.807) is 6.92 Å². The van der Waals surface area contributed by atoms with E-state index in [1.807, 2.05) is 0 Å². The Kier molecular flexibility index (Phi) is 7.75. The molecule has 0 saturated carbocycles. The molecule has 0 unspecified atom stereocenters. The number of halogens is 2. The van der Waals surface area contributed by atoms with Crippen LogP contribution in [0.15, 0.2) is 29.8 Å². The van der Waals surface area contributed by atoms with Crippen molar-refractivity contribution < 1.29 is 23.1 Å². The number of carbonyl (C=O) groups is 2. The molecule has 0 atom stereocenters. The van der Waals surface area contributed by atoms with Gasteiger partial charge in [-0.15, -0.1) is 0 Å². The predicted molar refractivity (Wildman–Crippen MR) is 94.7 cm³/mol. The van der Waals surface area contributed by atoms with Gasteiger partial charge in [-0.3, -0.25) is 9.59 Å². The summed E-state index contributed by atoms with van der Waals surface area (Å²) >= 11 is 0. The zero-order chi connectivity index (χ0) is 18.9. The second-order valence-corrected chi connectivity index (χ2v) is 6.33. The van der Waals surface area contributed by atoms with Crippen LogP contribution in [0.25, 0.3) is 0 Å². The van der Waals surface area contributed by atoms with E-state index in [0.717, 1.165) is 37.8 Å². The fourth-order valence-corrected chi connectivity index (χ4v) is 3.00. The van der Waals surface area contributed by atoms with Gasteiger partial charge in [0.25, 0.3) is 5.91 Å². The Labute approximate surface area is 152 Å². The van der Waals surface area contributed by atoms with Crippen LogP contribution >= 0.6 is 0 Å². The number of allylic oxidation sites excluding steroid dienone is 1. The largest absolute Gasteiger partial charge is 0.466 e. The van der Waals surface area contributed by atoms with Crippen LogP contribution in [-0.2, 0) is 9.53 Å². The number of ether oxygens (including phenoxy) is 1. The smallest absolute Gasteiger partial charge is 0.307 e. The van der Waals surface area contributed by atoms with Gasteiger partial charge in [0, 0.05) is 18.7 Å². The molecule has 2 rings (SSSR count). The Morgan fingerprint density at radius 3 is 2.62 bits per heavy atom. The highest BCUT2D eigenvalue weighted by Crippen LogP contribution is 2.21. The lowest BCUT2D eigenvalue weighted by molar-refractivity contribution is -0.143. The summed E-state index contributed by atoms with van der Waals surface area (Å²) in [4.78, 5) is 25.9. The normalized spacial score (nSPS) is 13.9. The molecule has 0 N–H and O–H groups in total. The van der Waals surface area contributed by atoms with Crippen molar-refractivity contribution in [2.45, 2.75) is 45.4 Å². The Bertz CT molecular complexity index is 673. The molecule has 26 heavy (non-hydrogen) atoms. The standard InChI is InChI=1S/C20H25F2NO3/c1-2-26-19(24)11-13-23(12-10-15-6-4-3-5-7-15)20(25)16-8-9-17(21)18(22)14-16/h6,8-9,14H,2-5,7,10-13H2,1H3. The van der Waals surface area contributed by atoms with Crippen molar-refractivity contribution in [3.8, 4) is 0 Å². The summed E-state index contributed by atoms with van der Waals surface area (Å²) in [5.41, 5.74) is 1.38. The maximum absolute atomic E-state index is 13.5. The van der Waals surface area contributed by atoms with Gasteiger partial charge in [0.15, 0.2) is 11.6 Å². The number of esters is 1. The van der Waals surface area contributed by atoms with Gasteiger partial charge in [-0.2, -0.15) is 0 Å². The second kappa shape index (κ2) is 10.0. The van der Waals surface area contributed by atoms with Crippen molar-refractivity contribution in [2.75, 3.05) is 19.7 Å². The molecule has 0 saturated heterocycles. The lowest BCUT2D eigenvalue weighted by atomic mass is 9.97. The van der Waals surface area contributed by atoms with E-state index in [0.29, 0.717) is 6.54 Å². The van der Waals surface area contributed by atoms with Crippen LogP contribution < -0.4 is 0 Å². The van der Waals surface area contributed by atoms with Crippen LogP contribution in [-0.4, -0.2) is 36.5 Å². The maximum Gasteiger partial charge on any atom is 0.307 e. The number of rotatable bonds is 8. The Balaban J connectivity index is 2.06. The molecule has 0 aliphatic heterocycles. The van der Waals surface area contributed by atoms with E-state index in [-0.39, 0.29) is 31.1 Å². The maximum atomic E-state index is 13.5. The molecule has 0 radical (unpaired) electrons. The van der Waals surface area contributed by atoms with E-state index in [4.69, 9.17) is 4.74 Å². The molecule has 1 aliphatic carbocycles. The molecular formula is C20H25F2NO3. The highest BCUT2D eigenvalue weighted by molar-refractivity contribution is 5.94. The monoisotopic (exact) mass is 365 g/mol. The first-order valence-electron chi connectivity index (χ1n) is 9.09. The van der Waals surface area contributed by atoms with Gasteiger partial charge < -0.3 is 9.64 Å². The Morgan fingerprint density at radius 2 is 1.96 bits per heavy atom. The van der Waals surface area contributed by atoms with Crippen LogP contribution in [0, 0.1) is 11.6 Å². The molecular weight excluding hydrogens is 340 g/mol. The first kappa shape index (κ1) is 20.1. The quantitative estimate of drug-likeness (QED) is 0.511. The van der Waals surface area contributed by atoms with E-state index in [9.17, 15) is 18.4 Å². The minimum Gasteiger partial charge on any atom is -0.466 e. The summed E-state index contributed by atoms with van der Waals surface area (Å²) in [6.07, 6.45) is 7.39. The number of carbonyl (C=O) groups excluding carboxylic acids is 2. The van der Waals surface area contributed by atoms with Gasteiger partial charge >= 0.3 is 5.97 Å². The summed E-state index contributed by atoms with van der Waals surface area (Å²) < 4.78 is 31.5. The number of nitrogens with zero attached hydrogens (tertiary/aromatic N) is 1. The van der Waals surface area contributed by atoms with E-state index < -0.39 is 17.5 Å². The fraction of sp³-hybridized carbons (Fsp3) is 0.500. The van der Waals surface area contributed by atoms with Crippen LogP contribution in [0.4, 0.5) is 8.78 Å². The molecule has 1 aliphatic rings. The molecule has 6 heteroatoms. The molecule has 142 valence electrons. The molecule has 1 aromatic carbocycles. The average molecular weight is 365 g/mol. The first-order valence-corrected chi connectivity index (χ1v) is 9.09. The summed E-state index contributed by atoms with van der Waals surface area (Å²) in [6.45, 7) is 2.62. The van der Waals surface area contributed by atoms with Crippen LogP contribution in [0.3, 0.4) is 0 Å². The van der Waals surface area contributed by atoms with Gasteiger partial charge in [-0.1, -0.05) is 11.6 Å². The highest BCUT2D eigenvalue weighted by atomic mass is 19.2. The third-order valence-electron chi connectivity index (χ3n) is 4.43. The van der Waals surface area contributed by atoms with Crippen LogP contribution in [0.2, 0.25) is 0 Å². The predicted octanol–water partition coefficient (Wildman–Crippen LogP) is 4.25. The lowest BCUT2D eigenvalue weighted by Crippen LogP contribution is -2.34. The fourth-order valence-electron chi connectivity index (χ4n) is 3.00. The van der Waals surface area contributed by atoms with E-state index in [1.165, 1.54) is 23.0 Å². The third kappa shape index (κ3) is 5.93. The molecule has 1 amide bonds. The molecule has 0 aromatic heterocycles. The minimum atomic E-state index is -1.06. The number of hydrogen-bond acceptors (Lipinski definition) is 3. The van der Waals surface area contributed by atoms with Gasteiger partial charge in [-0.25, -0.2) is 8.78 Å². The van der Waals surface area contributed by atoms with Gasteiger partial charge in [0.1, 0.15) is 0 Å². The second-order valence-electron chi connectivity index (χ2n) is 6.33. The van der Waals surface area contributed by atoms with E-state index >= 15 is 0 Å². The van der Waals surface area contributed by atoms with E-state index in [2.05, 4.69) is 6.08 Å². The topological polar surface area (TPSA) is 46.6 Å². The molecule has 0 heterocycles. The minimum absolute atomic E-state index is 0.0717. The molecule has 1 aromatic rings. The van der Waals surface area contributed by atoms with Crippen molar-refractivity contribution >= 4 is 11.9 Å². The summed E-state index contributed by atoms with van der Waals surface area (Å²) in [7, 11) is 0. The lowest BCUT2D eigenvalue weighted by Gasteiger charge is -2.24. The number of hydrogen-bond donors (Lipinski definition) is 0. The third-order valence-corrected chi connectivity index (χ3v) is 4.43. The first-order chi connectivity index (χ1) is 12.5. The van der Waals surface area contributed by atoms with Gasteiger partial charge in [-0.05, 0) is 57.2 Å². The van der Waals surface area contributed by atoms with Crippen molar-refractivity contribution in [1.29, 1.82) is 0 Å². The van der Waals surface area contributed by atoms with Crippen molar-refractivity contribution in [1.82, 2.24) is 4.90 Å². The molecule has 4 nitrogen and oxygen atoms in total. The molecule has 0 bridgehead atoms. The number of benzene rings is 1.